The molecule has 0 amide bonds. The number of aromatic nitrogens is 1. The largest absolute Gasteiger partial charge is 0.475 e. The van der Waals surface area contributed by atoms with E-state index in [9.17, 15) is 0 Å². The van der Waals surface area contributed by atoms with Gasteiger partial charge in [0, 0.05) is 12.6 Å². The predicted molar refractivity (Wildman–Crippen MR) is 80.1 cm³/mol. The number of nitrogens with zero attached hydrogens (tertiary/aromatic N) is 1. The standard InChI is InChI=1S/C16H20N2O2/c1-12-3-4-14(13(2)9-12)10-17-15-5-6-16(18-11-15)20-8-7-19/h3-6,9,11,17,19H,7-8,10H2,1-2H3. The molecule has 0 bridgehead atoms. The van der Waals surface area contributed by atoms with Crippen LogP contribution in [-0.2, 0) is 6.54 Å². The van der Waals surface area contributed by atoms with E-state index in [4.69, 9.17) is 9.84 Å². The third-order valence-electron chi connectivity index (χ3n) is 3.06. The highest BCUT2D eigenvalue weighted by molar-refractivity contribution is 5.43. The lowest BCUT2D eigenvalue weighted by molar-refractivity contribution is 0.196. The van der Waals surface area contributed by atoms with Gasteiger partial charge in [-0.15, -0.1) is 0 Å². The number of hydrogen-bond donors (Lipinski definition) is 2. The Bertz CT molecular complexity index is 553. The highest BCUT2D eigenvalue weighted by atomic mass is 16.5. The van der Waals surface area contributed by atoms with E-state index >= 15 is 0 Å². The van der Waals surface area contributed by atoms with Crippen LogP contribution < -0.4 is 10.1 Å². The number of aliphatic hydroxyl groups excluding tert-OH is 1. The van der Waals surface area contributed by atoms with Crippen molar-refractivity contribution in [2.45, 2.75) is 20.4 Å². The number of aliphatic hydroxyl groups is 1. The fourth-order valence-electron chi connectivity index (χ4n) is 1.96. The fraction of sp³-hybridized carbons (Fsp3) is 0.312. The molecule has 1 aromatic carbocycles. The van der Waals surface area contributed by atoms with E-state index in [0.29, 0.717) is 5.88 Å². The van der Waals surface area contributed by atoms with Crippen LogP contribution in [0.1, 0.15) is 16.7 Å². The molecule has 106 valence electrons. The summed E-state index contributed by atoms with van der Waals surface area (Å²) in [5.74, 6) is 0.524. The Labute approximate surface area is 119 Å². The van der Waals surface area contributed by atoms with Crippen LogP contribution in [-0.4, -0.2) is 23.3 Å². The molecule has 1 heterocycles. The summed E-state index contributed by atoms with van der Waals surface area (Å²) in [5, 5.41) is 12.0. The number of rotatable bonds is 6. The zero-order valence-electron chi connectivity index (χ0n) is 11.9. The number of anilines is 1. The number of ether oxygens (including phenoxy) is 1. The number of aryl methyl sites for hydroxylation is 2. The Morgan fingerprint density at radius 3 is 2.70 bits per heavy atom. The molecule has 0 aliphatic rings. The molecule has 20 heavy (non-hydrogen) atoms. The van der Waals surface area contributed by atoms with E-state index < -0.39 is 0 Å². The molecule has 0 radical (unpaired) electrons. The third kappa shape index (κ3) is 3.96. The van der Waals surface area contributed by atoms with Crippen molar-refractivity contribution >= 4 is 5.69 Å². The van der Waals surface area contributed by atoms with Crippen molar-refractivity contribution in [2.24, 2.45) is 0 Å². The van der Waals surface area contributed by atoms with Crippen molar-refractivity contribution < 1.29 is 9.84 Å². The van der Waals surface area contributed by atoms with Gasteiger partial charge >= 0.3 is 0 Å². The summed E-state index contributed by atoms with van der Waals surface area (Å²) in [5.41, 5.74) is 4.78. The first-order chi connectivity index (χ1) is 9.69. The maximum atomic E-state index is 8.67. The first-order valence-corrected chi connectivity index (χ1v) is 6.69. The second kappa shape index (κ2) is 6.91. The normalized spacial score (nSPS) is 10.3. The van der Waals surface area contributed by atoms with E-state index in [1.54, 1.807) is 12.3 Å². The van der Waals surface area contributed by atoms with Gasteiger partial charge in [-0.3, -0.25) is 0 Å². The fourth-order valence-corrected chi connectivity index (χ4v) is 1.96. The van der Waals surface area contributed by atoms with Crippen LogP contribution in [0.3, 0.4) is 0 Å². The van der Waals surface area contributed by atoms with Gasteiger partial charge in [-0.25, -0.2) is 4.98 Å². The third-order valence-corrected chi connectivity index (χ3v) is 3.06. The van der Waals surface area contributed by atoms with Gasteiger partial charge in [0.15, 0.2) is 0 Å². The van der Waals surface area contributed by atoms with Gasteiger partial charge in [0.1, 0.15) is 6.61 Å². The Morgan fingerprint density at radius 2 is 2.05 bits per heavy atom. The Kier molecular flexibility index (Phi) is 4.96. The lowest BCUT2D eigenvalue weighted by Gasteiger charge is -2.10. The molecule has 0 unspecified atom stereocenters. The molecule has 2 N–H and O–H groups in total. The molecule has 2 rings (SSSR count). The van der Waals surface area contributed by atoms with Gasteiger partial charge in [0.2, 0.25) is 5.88 Å². The van der Waals surface area contributed by atoms with E-state index in [1.807, 2.05) is 6.07 Å². The molecule has 0 spiro atoms. The molecule has 0 aliphatic carbocycles. The Hall–Kier alpha value is -2.07. The molecular formula is C16H20N2O2. The number of benzene rings is 1. The van der Waals surface area contributed by atoms with Crippen LogP contribution in [0, 0.1) is 13.8 Å². The van der Waals surface area contributed by atoms with Crippen molar-refractivity contribution in [2.75, 3.05) is 18.5 Å². The highest BCUT2D eigenvalue weighted by Crippen LogP contribution is 2.15. The molecule has 4 heteroatoms. The van der Waals surface area contributed by atoms with Crippen LogP contribution >= 0.6 is 0 Å². The SMILES string of the molecule is Cc1ccc(CNc2ccc(OCCO)nc2)c(C)c1. The molecule has 1 aromatic heterocycles. The number of pyridine rings is 1. The summed E-state index contributed by atoms with van der Waals surface area (Å²) in [4.78, 5) is 4.17. The lowest BCUT2D eigenvalue weighted by atomic mass is 10.1. The summed E-state index contributed by atoms with van der Waals surface area (Å²) in [6, 6.07) is 10.2. The van der Waals surface area contributed by atoms with Gasteiger partial charge in [-0.1, -0.05) is 23.8 Å². The second-order valence-electron chi connectivity index (χ2n) is 4.74. The van der Waals surface area contributed by atoms with Gasteiger partial charge in [0.25, 0.3) is 0 Å². The topological polar surface area (TPSA) is 54.4 Å². The van der Waals surface area contributed by atoms with Gasteiger partial charge < -0.3 is 15.2 Å². The molecule has 0 fully saturated rings. The van der Waals surface area contributed by atoms with Gasteiger partial charge in [-0.2, -0.15) is 0 Å². The summed E-state index contributed by atoms with van der Waals surface area (Å²) >= 11 is 0. The van der Waals surface area contributed by atoms with E-state index in [-0.39, 0.29) is 13.2 Å². The zero-order valence-corrected chi connectivity index (χ0v) is 11.9. The average molecular weight is 272 g/mol. The molecule has 0 atom stereocenters. The van der Waals surface area contributed by atoms with Crippen LogP contribution in [0.5, 0.6) is 5.88 Å². The first kappa shape index (κ1) is 14.3. The molecular weight excluding hydrogens is 252 g/mol. The maximum absolute atomic E-state index is 8.67. The van der Waals surface area contributed by atoms with E-state index in [0.717, 1.165) is 12.2 Å². The van der Waals surface area contributed by atoms with Crippen molar-refractivity contribution in [3.05, 3.63) is 53.2 Å². The minimum absolute atomic E-state index is 0.00557. The van der Waals surface area contributed by atoms with Crippen LogP contribution in [0.2, 0.25) is 0 Å². The molecule has 2 aromatic rings. The van der Waals surface area contributed by atoms with Crippen LogP contribution in [0.15, 0.2) is 36.5 Å². The second-order valence-corrected chi connectivity index (χ2v) is 4.74. The molecule has 0 aliphatic heterocycles. The summed E-state index contributed by atoms with van der Waals surface area (Å²) < 4.78 is 5.22. The van der Waals surface area contributed by atoms with Crippen LogP contribution in [0.25, 0.3) is 0 Å². The van der Waals surface area contributed by atoms with Crippen LogP contribution in [0.4, 0.5) is 5.69 Å². The molecule has 0 saturated carbocycles. The smallest absolute Gasteiger partial charge is 0.213 e. The monoisotopic (exact) mass is 272 g/mol. The summed E-state index contributed by atoms with van der Waals surface area (Å²) in [6.45, 7) is 5.24. The number of hydrogen-bond acceptors (Lipinski definition) is 4. The van der Waals surface area contributed by atoms with Crippen molar-refractivity contribution in [3.63, 3.8) is 0 Å². The van der Waals surface area contributed by atoms with E-state index in [2.05, 4.69) is 42.3 Å². The lowest BCUT2D eigenvalue weighted by Crippen LogP contribution is -2.04. The summed E-state index contributed by atoms with van der Waals surface area (Å²) in [6.07, 6.45) is 1.73. The zero-order chi connectivity index (χ0) is 14.4. The molecule has 0 saturated heterocycles. The first-order valence-electron chi connectivity index (χ1n) is 6.69. The van der Waals surface area contributed by atoms with Gasteiger partial charge in [0.05, 0.1) is 18.5 Å². The predicted octanol–water partition coefficient (Wildman–Crippen LogP) is 2.68. The molecule has 4 nitrogen and oxygen atoms in total. The minimum atomic E-state index is -0.00557. The quantitative estimate of drug-likeness (QED) is 0.849. The highest BCUT2D eigenvalue weighted by Gasteiger charge is 2.00. The Balaban J connectivity index is 1.93. The minimum Gasteiger partial charge on any atom is -0.475 e. The van der Waals surface area contributed by atoms with Gasteiger partial charge in [-0.05, 0) is 31.0 Å². The van der Waals surface area contributed by atoms with E-state index in [1.165, 1.54) is 16.7 Å². The number of nitrogens with one attached hydrogen (secondary N) is 1. The summed E-state index contributed by atoms with van der Waals surface area (Å²) in [7, 11) is 0. The maximum Gasteiger partial charge on any atom is 0.213 e. The Morgan fingerprint density at radius 1 is 1.20 bits per heavy atom. The van der Waals surface area contributed by atoms with Crippen molar-refractivity contribution in [1.29, 1.82) is 0 Å². The average Bonchev–Trinajstić information content (AvgIpc) is 2.45. The van der Waals surface area contributed by atoms with Crippen molar-refractivity contribution in [1.82, 2.24) is 4.98 Å². The van der Waals surface area contributed by atoms with Crippen molar-refractivity contribution in [3.8, 4) is 5.88 Å².